The highest BCUT2D eigenvalue weighted by molar-refractivity contribution is 6.31. The van der Waals surface area contributed by atoms with Crippen molar-refractivity contribution in [2.75, 3.05) is 7.11 Å². The molecule has 3 aromatic carbocycles. The van der Waals surface area contributed by atoms with E-state index in [9.17, 15) is 19.2 Å². The van der Waals surface area contributed by atoms with E-state index in [4.69, 9.17) is 21.1 Å². The Balaban J connectivity index is 1.17. The Hall–Kier alpha value is -4.63. The summed E-state index contributed by atoms with van der Waals surface area (Å²) in [7, 11) is 1.21. The molecule has 0 saturated heterocycles. The van der Waals surface area contributed by atoms with Crippen LogP contribution in [0.4, 0.5) is 4.79 Å². The summed E-state index contributed by atoms with van der Waals surface area (Å²) in [5.74, 6) is 1.20. The predicted octanol–water partition coefficient (Wildman–Crippen LogP) is 6.19. The molecule has 1 heterocycles. The molecule has 9 nitrogen and oxygen atoms in total. The number of benzene rings is 3. The van der Waals surface area contributed by atoms with E-state index < -0.39 is 6.16 Å². The largest absolute Gasteiger partial charge is 0.514 e. The summed E-state index contributed by atoms with van der Waals surface area (Å²) in [6.07, 6.45) is 4.17. The number of fused-ring (bicyclic) bond motifs is 1. The zero-order chi connectivity index (χ0) is 32.9. The third kappa shape index (κ3) is 5.89. The Morgan fingerprint density at radius 1 is 0.957 bits per heavy atom. The second-order valence-electron chi connectivity index (χ2n) is 13.3. The fourth-order valence-electron chi connectivity index (χ4n) is 8.60. The van der Waals surface area contributed by atoms with Gasteiger partial charge in [0.15, 0.2) is 5.43 Å². The molecular formula is C37H36ClN3O6. The molecule has 4 aliphatic rings. The molecule has 242 valence electrons. The first-order valence-electron chi connectivity index (χ1n) is 16.0. The number of carbonyl (C=O) groups is 3. The summed E-state index contributed by atoms with van der Waals surface area (Å²) in [6, 6.07) is 21.5. The first-order valence-corrected chi connectivity index (χ1v) is 16.4. The maximum atomic E-state index is 13.9. The van der Waals surface area contributed by atoms with E-state index in [1.165, 1.54) is 7.11 Å². The van der Waals surface area contributed by atoms with Crippen molar-refractivity contribution < 1.29 is 23.9 Å². The van der Waals surface area contributed by atoms with Gasteiger partial charge >= 0.3 is 6.16 Å². The highest BCUT2D eigenvalue weighted by Gasteiger charge is 2.56. The molecule has 0 aliphatic heterocycles. The number of halogens is 1. The quantitative estimate of drug-likeness (QED) is 0.230. The van der Waals surface area contributed by atoms with E-state index in [1.54, 1.807) is 41.8 Å². The third-order valence-corrected chi connectivity index (χ3v) is 10.4. The Bertz CT molecular complexity index is 1920. The molecule has 4 bridgehead atoms. The normalized spacial score (nSPS) is 24.1. The average molecular weight is 654 g/mol. The number of para-hydroxylation sites is 1. The Kier molecular flexibility index (Phi) is 8.04. The van der Waals surface area contributed by atoms with Crippen molar-refractivity contribution in [3.05, 3.63) is 105 Å². The second kappa shape index (κ2) is 12.2. The summed E-state index contributed by atoms with van der Waals surface area (Å²) in [6.45, 7) is 1.59. The van der Waals surface area contributed by atoms with Crippen LogP contribution in [0.1, 0.15) is 60.5 Å². The monoisotopic (exact) mass is 653 g/mol. The number of aromatic nitrogens is 1. The van der Waals surface area contributed by atoms with E-state index in [0.29, 0.717) is 44.9 Å². The number of amides is 2. The standard InChI is InChI=1S/C37H36ClN3O6/c1-21(42)40-37-18-23-14-25(19-37)32(26(15-23)20-37)39-34(44)24-10-8-22(9-11-24)16-30-33(43)29-13-12-27(38)17-31(29)41(28-6-4-3-5-7-28)35(30)47-36(45)46-2/h3-13,17,23,25-26,32H,14-16,18-20H2,1-2H3,(H,39,44)(H,40,42)/t23-,25-,26+,32-,37+. The van der Waals surface area contributed by atoms with Gasteiger partial charge in [-0.25, -0.2) is 4.79 Å². The summed E-state index contributed by atoms with van der Waals surface area (Å²) in [4.78, 5) is 51.8. The summed E-state index contributed by atoms with van der Waals surface area (Å²) in [5, 5.41) is 7.42. The fraction of sp³-hybridized carbons (Fsp3) is 0.351. The van der Waals surface area contributed by atoms with Crippen LogP contribution in [-0.2, 0) is 16.0 Å². The van der Waals surface area contributed by atoms with Gasteiger partial charge in [0.25, 0.3) is 5.91 Å². The van der Waals surface area contributed by atoms with E-state index >= 15 is 0 Å². The molecule has 0 spiro atoms. The molecule has 4 aliphatic carbocycles. The topological polar surface area (TPSA) is 116 Å². The Morgan fingerprint density at radius 2 is 1.66 bits per heavy atom. The number of methoxy groups -OCH3 is 1. The molecule has 1 aromatic heterocycles. The van der Waals surface area contributed by atoms with E-state index in [0.717, 1.165) is 37.7 Å². The summed E-state index contributed by atoms with van der Waals surface area (Å²) < 4.78 is 12.2. The van der Waals surface area contributed by atoms with Crippen LogP contribution in [0.15, 0.2) is 77.6 Å². The summed E-state index contributed by atoms with van der Waals surface area (Å²) in [5.41, 5.74) is 2.26. The molecule has 2 amide bonds. The number of rotatable bonds is 7. The molecule has 5 atom stereocenters. The first kappa shape index (κ1) is 31.0. The van der Waals surface area contributed by atoms with Crippen molar-refractivity contribution in [1.82, 2.24) is 15.2 Å². The smallest absolute Gasteiger partial charge is 0.437 e. The second-order valence-corrected chi connectivity index (χ2v) is 13.7. The molecular weight excluding hydrogens is 618 g/mol. The molecule has 4 aromatic rings. The van der Waals surface area contributed by atoms with E-state index in [2.05, 4.69) is 10.6 Å². The van der Waals surface area contributed by atoms with Gasteiger partial charge in [0, 0.05) is 46.6 Å². The molecule has 4 saturated carbocycles. The van der Waals surface area contributed by atoms with Gasteiger partial charge in [0.05, 0.1) is 18.2 Å². The van der Waals surface area contributed by atoms with Crippen molar-refractivity contribution in [3.8, 4) is 11.6 Å². The first-order chi connectivity index (χ1) is 22.6. The lowest BCUT2D eigenvalue weighted by Crippen LogP contribution is -2.66. The van der Waals surface area contributed by atoms with Gasteiger partial charge in [0.1, 0.15) is 0 Å². The molecule has 2 N–H and O–H groups in total. The predicted molar refractivity (Wildman–Crippen MR) is 178 cm³/mol. The highest BCUT2D eigenvalue weighted by Crippen LogP contribution is 2.55. The average Bonchev–Trinajstić information content (AvgIpc) is 3.04. The van der Waals surface area contributed by atoms with Crippen LogP contribution in [0.25, 0.3) is 16.6 Å². The summed E-state index contributed by atoms with van der Waals surface area (Å²) >= 11 is 6.35. The van der Waals surface area contributed by atoms with E-state index in [-0.39, 0.29) is 46.7 Å². The van der Waals surface area contributed by atoms with Gasteiger partial charge in [-0.2, -0.15) is 0 Å². The molecule has 0 unspecified atom stereocenters. The van der Waals surface area contributed by atoms with E-state index in [1.807, 2.05) is 42.5 Å². The number of hydrogen-bond acceptors (Lipinski definition) is 6. The maximum absolute atomic E-state index is 13.9. The lowest BCUT2D eigenvalue weighted by Gasteiger charge is -2.60. The van der Waals surface area contributed by atoms with Crippen LogP contribution in [0.3, 0.4) is 0 Å². The number of hydrogen-bond donors (Lipinski definition) is 2. The number of pyridine rings is 1. The number of carbonyl (C=O) groups excluding carboxylic acids is 3. The Morgan fingerprint density at radius 3 is 2.32 bits per heavy atom. The van der Waals surface area contributed by atoms with Crippen LogP contribution in [0.2, 0.25) is 5.02 Å². The van der Waals surface area contributed by atoms with Gasteiger partial charge in [-0.1, -0.05) is 41.9 Å². The van der Waals surface area contributed by atoms with Crippen LogP contribution < -0.4 is 20.8 Å². The molecule has 47 heavy (non-hydrogen) atoms. The van der Waals surface area contributed by atoms with Crippen molar-refractivity contribution in [3.63, 3.8) is 0 Å². The number of nitrogens with one attached hydrogen (secondary N) is 2. The van der Waals surface area contributed by atoms with Crippen molar-refractivity contribution >= 4 is 40.5 Å². The highest BCUT2D eigenvalue weighted by atomic mass is 35.5. The Labute approximate surface area is 277 Å². The van der Waals surface area contributed by atoms with Gasteiger partial charge in [0.2, 0.25) is 11.8 Å². The van der Waals surface area contributed by atoms with Gasteiger partial charge in [-0.05, 0) is 97.9 Å². The fourth-order valence-corrected chi connectivity index (χ4v) is 8.77. The lowest BCUT2D eigenvalue weighted by molar-refractivity contribution is -0.125. The van der Waals surface area contributed by atoms with Gasteiger partial charge < -0.3 is 20.1 Å². The molecule has 8 rings (SSSR count). The minimum Gasteiger partial charge on any atom is -0.437 e. The van der Waals surface area contributed by atoms with Crippen LogP contribution >= 0.6 is 11.6 Å². The number of ether oxygens (including phenoxy) is 2. The van der Waals surface area contributed by atoms with Crippen LogP contribution in [0.5, 0.6) is 5.88 Å². The maximum Gasteiger partial charge on any atom is 0.514 e. The van der Waals surface area contributed by atoms with Crippen LogP contribution in [0, 0.1) is 17.8 Å². The van der Waals surface area contributed by atoms with Crippen molar-refractivity contribution in [2.45, 2.75) is 57.0 Å². The lowest BCUT2D eigenvalue weighted by atomic mass is 9.51. The molecule has 10 heteroatoms. The zero-order valence-electron chi connectivity index (χ0n) is 26.3. The third-order valence-electron chi connectivity index (χ3n) is 10.2. The zero-order valence-corrected chi connectivity index (χ0v) is 27.0. The van der Waals surface area contributed by atoms with Crippen molar-refractivity contribution in [2.24, 2.45) is 17.8 Å². The SMILES string of the molecule is COC(=O)Oc1c(Cc2ccc(C(=O)N[C@@H]3[C@@H]4C[C@@H]5C[C@H]3C[C@](NC(C)=O)(C5)C4)cc2)c(=O)c2ccc(Cl)cc2n1-c1ccccc1. The van der Waals surface area contributed by atoms with Crippen molar-refractivity contribution in [1.29, 1.82) is 0 Å². The number of nitrogens with zero attached hydrogens (tertiary/aromatic N) is 1. The molecule has 4 fully saturated rings. The minimum atomic E-state index is -0.962. The van der Waals surface area contributed by atoms with Crippen LogP contribution in [-0.4, -0.2) is 41.2 Å². The minimum absolute atomic E-state index is 0.0173. The van der Waals surface area contributed by atoms with Gasteiger partial charge in [-0.15, -0.1) is 0 Å². The van der Waals surface area contributed by atoms with Gasteiger partial charge in [-0.3, -0.25) is 19.0 Å². The molecule has 0 radical (unpaired) electrons.